The van der Waals surface area contributed by atoms with Gasteiger partial charge in [0.25, 0.3) is 0 Å². The van der Waals surface area contributed by atoms with Gasteiger partial charge in [-0.05, 0) is 61.1 Å². The van der Waals surface area contributed by atoms with E-state index in [0.717, 1.165) is 59.6 Å². The number of fused-ring (bicyclic) bond motifs is 4. The van der Waals surface area contributed by atoms with E-state index in [-0.39, 0.29) is 23.0 Å². The third-order valence-electron chi connectivity index (χ3n) is 7.35. The summed E-state index contributed by atoms with van der Waals surface area (Å²) in [6.45, 7) is 8.92. The highest BCUT2D eigenvalue weighted by Crippen LogP contribution is 2.61. The molecule has 2 aliphatic carbocycles. The van der Waals surface area contributed by atoms with Crippen molar-refractivity contribution in [1.82, 2.24) is 4.98 Å². The number of rotatable bonds is 2. The first-order valence-electron chi connectivity index (χ1n) is 11.5. The summed E-state index contributed by atoms with van der Waals surface area (Å²) in [4.78, 5) is 5.23. The molecule has 1 saturated carbocycles. The molecule has 1 spiro atoms. The van der Waals surface area contributed by atoms with Crippen molar-refractivity contribution in [3.8, 4) is 0 Å². The lowest BCUT2D eigenvalue weighted by Gasteiger charge is -2.39. The molecule has 5 heteroatoms. The standard InChI is InChI=1S/C26H31ClINO2/c1-14(2)23-21-22(20-17(29-23)12-25(3,4)13-18(20)30)26(11-5-6-19(26)28)31-24(21)15-7-9-16(27)10-8-15/h7-10,14,18-19,24,30H,5-6,11-13H2,1-4H3/t18?,19?,24-,26?/m1/s1. The van der Waals surface area contributed by atoms with Crippen LogP contribution in [0.15, 0.2) is 24.3 Å². The molecule has 0 bridgehead atoms. The molecule has 4 atom stereocenters. The first-order chi connectivity index (χ1) is 14.6. The molecule has 5 rings (SSSR count). The molecule has 1 aliphatic heterocycles. The number of hydrogen-bond donors (Lipinski definition) is 1. The molecule has 3 aliphatic rings. The minimum Gasteiger partial charge on any atom is -0.388 e. The lowest BCUT2D eigenvalue weighted by atomic mass is 9.70. The van der Waals surface area contributed by atoms with Crippen LogP contribution in [0.2, 0.25) is 5.02 Å². The van der Waals surface area contributed by atoms with E-state index >= 15 is 0 Å². The van der Waals surface area contributed by atoms with E-state index in [0.29, 0.717) is 3.92 Å². The van der Waals surface area contributed by atoms with Crippen LogP contribution in [0, 0.1) is 5.41 Å². The molecular weight excluding hydrogens is 521 g/mol. The van der Waals surface area contributed by atoms with Gasteiger partial charge in [0.2, 0.25) is 0 Å². The SMILES string of the molecule is CC(C)c1nc2c(c3c1[C@@H](c1ccc(Cl)cc1)OC31CCCC1I)C(O)CC(C)(C)C2. The van der Waals surface area contributed by atoms with E-state index in [1.807, 2.05) is 12.1 Å². The summed E-state index contributed by atoms with van der Waals surface area (Å²) in [5.74, 6) is 0.281. The Balaban J connectivity index is 1.82. The van der Waals surface area contributed by atoms with E-state index in [1.165, 1.54) is 11.1 Å². The van der Waals surface area contributed by atoms with Crippen LogP contribution < -0.4 is 0 Å². The largest absolute Gasteiger partial charge is 0.388 e. The Morgan fingerprint density at radius 1 is 1.19 bits per heavy atom. The number of aliphatic hydroxyl groups is 1. The van der Waals surface area contributed by atoms with Gasteiger partial charge in [0.1, 0.15) is 11.7 Å². The summed E-state index contributed by atoms with van der Waals surface area (Å²) < 4.78 is 7.46. The van der Waals surface area contributed by atoms with Crippen molar-refractivity contribution in [2.45, 2.75) is 87.5 Å². The molecule has 1 fully saturated rings. The van der Waals surface area contributed by atoms with E-state index < -0.39 is 6.10 Å². The summed E-state index contributed by atoms with van der Waals surface area (Å²) >= 11 is 8.79. The average molecular weight is 552 g/mol. The monoisotopic (exact) mass is 551 g/mol. The molecule has 3 unspecified atom stereocenters. The van der Waals surface area contributed by atoms with Crippen molar-refractivity contribution < 1.29 is 9.84 Å². The maximum absolute atomic E-state index is 11.4. The van der Waals surface area contributed by atoms with Crippen molar-refractivity contribution in [2.75, 3.05) is 0 Å². The molecule has 0 saturated heterocycles. The number of alkyl halides is 1. The van der Waals surface area contributed by atoms with Crippen molar-refractivity contribution in [3.63, 3.8) is 0 Å². The summed E-state index contributed by atoms with van der Waals surface area (Å²) in [6.07, 6.45) is 4.30. The first kappa shape index (κ1) is 22.1. The third kappa shape index (κ3) is 3.48. The van der Waals surface area contributed by atoms with Crippen LogP contribution in [0.3, 0.4) is 0 Å². The van der Waals surface area contributed by atoms with Crippen LogP contribution in [0.5, 0.6) is 0 Å². The Morgan fingerprint density at radius 3 is 2.52 bits per heavy atom. The number of hydrogen-bond acceptors (Lipinski definition) is 3. The van der Waals surface area contributed by atoms with Crippen molar-refractivity contribution in [2.24, 2.45) is 5.41 Å². The normalized spacial score (nSPS) is 31.3. The molecule has 1 aromatic heterocycles. The Hall–Kier alpha value is -0.690. The molecule has 1 N–H and O–H groups in total. The van der Waals surface area contributed by atoms with Crippen LogP contribution in [0.25, 0.3) is 0 Å². The first-order valence-corrected chi connectivity index (χ1v) is 13.1. The summed E-state index contributed by atoms with van der Waals surface area (Å²) in [6, 6.07) is 8.05. The van der Waals surface area contributed by atoms with Gasteiger partial charge in [-0.25, -0.2) is 0 Å². The second-order valence-electron chi connectivity index (χ2n) is 10.7. The van der Waals surface area contributed by atoms with Gasteiger partial charge in [-0.2, -0.15) is 0 Å². The van der Waals surface area contributed by atoms with Crippen LogP contribution in [0.4, 0.5) is 0 Å². The Morgan fingerprint density at radius 2 is 1.90 bits per heavy atom. The van der Waals surface area contributed by atoms with Crippen LogP contribution in [-0.2, 0) is 16.8 Å². The van der Waals surface area contributed by atoms with Crippen molar-refractivity contribution in [1.29, 1.82) is 0 Å². The maximum Gasteiger partial charge on any atom is 0.111 e. The molecule has 3 nitrogen and oxygen atoms in total. The van der Waals surface area contributed by atoms with Gasteiger partial charge in [0.05, 0.1) is 6.10 Å². The fourth-order valence-corrected chi connectivity index (χ4v) is 7.37. The van der Waals surface area contributed by atoms with Gasteiger partial charge in [0.15, 0.2) is 0 Å². The molecule has 1 aromatic carbocycles. The molecule has 0 amide bonds. The molecule has 0 radical (unpaired) electrons. The average Bonchev–Trinajstić information content (AvgIpc) is 3.22. The number of aromatic nitrogens is 1. The minimum atomic E-state index is -0.491. The van der Waals surface area contributed by atoms with Gasteiger partial charge >= 0.3 is 0 Å². The van der Waals surface area contributed by atoms with E-state index in [1.54, 1.807) is 0 Å². The highest BCUT2D eigenvalue weighted by atomic mass is 127. The van der Waals surface area contributed by atoms with E-state index in [4.69, 9.17) is 21.3 Å². The fraction of sp³-hybridized carbons (Fsp3) is 0.577. The number of aliphatic hydroxyl groups excluding tert-OH is 1. The lowest BCUT2D eigenvalue weighted by molar-refractivity contribution is -0.0516. The number of benzene rings is 1. The van der Waals surface area contributed by atoms with E-state index in [2.05, 4.69) is 62.4 Å². The topological polar surface area (TPSA) is 42.4 Å². The van der Waals surface area contributed by atoms with Gasteiger partial charge in [0, 0.05) is 37.0 Å². The van der Waals surface area contributed by atoms with Gasteiger partial charge in [-0.15, -0.1) is 0 Å². The summed E-state index contributed by atoms with van der Waals surface area (Å²) in [7, 11) is 0. The van der Waals surface area contributed by atoms with Gasteiger partial charge in [-0.1, -0.05) is 74.0 Å². The molecule has 2 aromatic rings. The summed E-state index contributed by atoms with van der Waals surface area (Å²) in [5, 5.41) is 12.1. The quantitative estimate of drug-likeness (QED) is 0.318. The Labute approximate surface area is 204 Å². The van der Waals surface area contributed by atoms with Crippen LogP contribution >= 0.6 is 34.2 Å². The Kier molecular flexibility index (Phi) is 5.48. The predicted molar refractivity (Wildman–Crippen MR) is 133 cm³/mol. The highest BCUT2D eigenvalue weighted by molar-refractivity contribution is 14.1. The zero-order valence-corrected chi connectivity index (χ0v) is 21.6. The minimum absolute atomic E-state index is 0.0451. The maximum atomic E-state index is 11.4. The zero-order valence-electron chi connectivity index (χ0n) is 18.7. The molecule has 166 valence electrons. The second kappa shape index (κ2) is 7.68. The third-order valence-corrected chi connectivity index (χ3v) is 9.23. The highest BCUT2D eigenvalue weighted by Gasteiger charge is 2.56. The lowest BCUT2D eigenvalue weighted by Crippen LogP contribution is -2.35. The van der Waals surface area contributed by atoms with Crippen LogP contribution in [-0.4, -0.2) is 14.0 Å². The number of nitrogens with zero attached hydrogens (tertiary/aromatic N) is 1. The number of ether oxygens (including phenoxy) is 1. The summed E-state index contributed by atoms with van der Waals surface area (Å²) in [5.41, 5.74) is 6.57. The number of halogens is 2. The zero-order chi connectivity index (χ0) is 22.1. The van der Waals surface area contributed by atoms with Gasteiger partial charge < -0.3 is 9.84 Å². The second-order valence-corrected chi connectivity index (χ2v) is 12.6. The molecular formula is C26H31ClINO2. The smallest absolute Gasteiger partial charge is 0.111 e. The van der Waals surface area contributed by atoms with E-state index in [9.17, 15) is 5.11 Å². The number of pyridine rings is 1. The van der Waals surface area contributed by atoms with Crippen LogP contribution in [0.1, 0.15) is 105 Å². The van der Waals surface area contributed by atoms with Crippen molar-refractivity contribution in [3.05, 3.63) is 62.9 Å². The van der Waals surface area contributed by atoms with Gasteiger partial charge in [-0.3, -0.25) is 4.98 Å². The fourth-order valence-electron chi connectivity index (χ4n) is 6.04. The van der Waals surface area contributed by atoms with Crippen molar-refractivity contribution >= 4 is 34.2 Å². The molecule has 2 heterocycles. The Bertz CT molecular complexity index is 1020. The predicted octanol–water partition coefficient (Wildman–Crippen LogP) is 7.17. The molecule has 31 heavy (non-hydrogen) atoms.